The Balaban J connectivity index is 2.77. The van der Waals surface area contributed by atoms with Crippen molar-refractivity contribution in [2.24, 2.45) is 5.92 Å². The molecule has 5 heteroatoms. The summed E-state index contributed by atoms with van der Waals surface area (Å²) in [6.07, 6.45) is 3.54. The van der Waals surface area contributed by atoms with Gasteiger partial charge in [-0.15, -0.1) is 0 Å². The Kier molecular flexibility index (Phi) is 6.43. The first-order valence-corrected chi connectivity index (χ1v) is 6.45. The highest BCUT2D eigenvalue weighted by Crippen LogP contribution is 2.17. The van der Waals surface area contributed by atoms with E-state index in [2.05, 4.69) is 5.32 Å². The van der Waals surface area contributed by atoms with Gasteiger partial charge in [0.25, 0.3) is 0 Å². The van der Waals surface area contributed by atoms with Crippen molar-refractivity contribution in [2.75, 3.05) is 26.3 Å². The summed E-state index contributed by atoms with van der Waals surface area (Å²) in [4.78, 5) is 23.5. The van der Waals surface area contributed by atoms with E-state index in [1.807, 2.05) is 0 Å². The van der Waals surface area contributed by atoms with Gasteiger partial charge in [-0.3, -0.25) is 0 Å². The number of hydrogen-bond donors (Lipinski definition) is 1. The minimum atomic E-state index is -0.588. The van der Waals surface area contributed by atoms with Gasteiger partial charge in [0.2, 0.25) is 0 Å². The third-order valence-corrected chi connectivity index (χ3v) is 2.78. The molecule has 0 atom stereocenters. The molecule has 0 spiro atoms. The standard InChI is InChI=1S/C13H21NO4/c1-3-17-12(15)11(13(16)18-4-2)9-10-5-7-14-8-6-10/h9-10,14H,3-8H2,1-2H3. The van der Waals surface area contributed by atoms with Crippen molar-refractivity contribution in [3.8, 4) is 0 Å². The fourth-order valence-electron chi connectivity index (χ4n) is 1.88. The van der Waals surface area contributed by atoms with Crippen molar-refractivity contribution >= 4 is 11.9 Å². The first kappa shape index (κ1) is 14.7. The predicted octanol–water partition coefficient (Wildman–Crippen LogP) is 1.04. The highest BCUT2D eigenvalue weighted by molar-refractivity contribution is 6.14. The van der Waals surface area contributed by atoms with E-state index in [1.165, 1.54) is 0 Å². The van der Waals surface area contributed by atoms with Gasteiger partial charge in [0.05, 0.1) is 13.2 Å². The number of nitrogens with one attached hydrogen (secondary N) is 1. The van der Waals surface area contributed by atoms with E-state index in [-0.39, 0.29) is 24.7 Å². The molecule has 0 aromatic heterocycles. The second kappa shape index (κ2) is 7.87. The molecule has 1 fully saturated rings. The lowest BCUT2D eigenvalue weighted by Gasteiger charge is -2.20. The van der Waals surface area contributed by atoms with Crippen molar-refractivity contribution in [1.29, 1.82) is 0 Å². The number of carbonyl (C=O) groups is 2. The molecule has 1 saturated heterocycles. The van der Waals surface area contributed by atoms with Crippen molar-refractivity contribution in [3.05, 3.63) is 11.6 Å². The zero-order chi connectivity index (χ0) is 13.4. The second-order valence-corrected chi connectivity index (χ2v) is 4.11. The van der Waals surface area contributed by atoms with Crippen LogP contribution in [0.3, 0.4) is 0 Å². The molecule has 0 saturated carbocycles. The molecule has 1 rings (SSSR count). The van der Waals surface area contributed by atoms with Crippen LogP contribution in [0.25, 0.3) is 0 Å². The normalized spacial score (nSPS) is 15.9. The average molecular weight is 255 g/mol. The van der Waals surface area contributed by atoms with E-state index in [0.717, 1.165) is 25.9 Å². The highest BCUT2D eigenvalue weighted by atomic mass is 16.6. The summed E-state index contributed by atoms with van der Waals surface area (Å²) in [7, 11) is 0. The lowest BCUT2D eigenvalue weighted by molar-refractivity contribution is -0.146. The van der Waals surface area contributed by atoms with Crippen molar-refractivity contribution in [2.45, 2.75) is 26.7 Å². The molecule has 0 amide bonds. The van der Waals surface area contributed by atoms with Gasteiger partial charge in [-0.05, 0) is 45.7 Å². The van der Waals surface area contributed by atoms with Gasteiger partial charge in [-0.2, -0.15) is 0 Å². The van der Waals surface area contributed by atoms with E-state index < -0.39 is 11.9 Å². The Morgan fingerprint density at radius 2 is 1.61 bits per heavy atom. The van der Waals surface area contributed by atoms with Crippen molar-refractivity contribution < 1.29 is 19.1 Å². The van der Waals surface area contributed by atoms with Crippen LogP contribution < -0.4 is 5.32 Å². The van der Waals surface area contributed by atoms with Gasteiger partial charge in [0, 0.05) is 0 Å². The molecule has 0 radical (unpaired) electrons. The van der Waals surface area contributed by atoms with E-state index in [1.54, 1.807) is 19.9 Å². The minimum Gasteiger partial charge on any atom is -0.462 e. The first-order chi connectivity index (χ1) is 8.69. The Bertz CT molecular complexity index is 299. The van der Waals surface area contributed by atoms with E-state index in [0.29, 0.717) is 0 Å². The molecule has 1 N–H and O–H groups in total. The summed E-state index contributed by atoms with van der Waals surface area (Å²) in [5.74, 6) is -0.945. The zero-order valence-electron chi connectivity index (χ0n) is 11.0. The predicted molar refractivity (Wildman–Crippen MR) is 66.9 cm³/mol. The molecule has 5 nitrogen and oxygen atoms in total. The number of allylic oxidation sites excluding steroid dienone is 1. The summed E-state index contributed by atoms with van der Waals surface area (Å²) < 4.78 is 9.78. The summed E-state index contributed by atoms with van der Waals surface area (Å²) >= 11 is 0. The molecule has 1 aliphatic rings. The van der Waals surface area contributed by atoms with Gasteiger partial charge >= 0.3 is 11.9 Å². The molecule has 0 bridgehead atoms. The smallest absolute Gasteiger partial charge is 0.345 e. The van der Waals surface area contributed by atoms with Crippen LogP contribution >= 0.6 is 0 Å². The van der Waals surface area contributed by atoms with Crippen molar-refractivity contribution in [3.63, 3.8) is 0 Å². The maximum absolute atomic E-state index is 11.7. The van der Waals surface area contributed by atoms with Crippen LogP contribution in [0.15, 0.2) is 11.6 Å². The van der Waals surface area contributed by atoms with Crippen LogP contribution in [-0.4, -0.2) is 38.2 Å². The van der Waals surface area contributed by atoms with Gasteiger partial charge in [0.1, 0.15) is 5.57 Å². The molecule has 1 aliphatic heterocycles. The van der Waals surface area contributed by atoms with Gasteiger partial charge in [0.15, 0.2) is 0 Å². The Morgan fingerprint density at radius 1 is 1.11 bits per heavy atom. The molecule has 102 valence electrons. The van der Waals surface area contributed by atoms with Gasteiger partial charge < -0.3 is 14.8 Å². The third kappa shape index (κ3) is 4.49. The lowest BCUT2D eigenvalue weighted by Crippen LogP contribution is -2.28. The van der Waals surface area contributed by atoms with Crippen LogP contribution in [0.2, 0.25) is 0 Å². The van der Waals surface area contributed by atoms with Crippen LogP contribution in [0.1, 0.15) is 26.7 Å². The fourth-order valence-corrected chi connectivity index (χ4v) is 1.88. The quantitative estimate of drug-likeness (QED) is 0.344. The molecular formula is C13H21NO4. The van der Waals surface area contributed by atoms with E-state index in [9.17, 15) is 9.59 Å². The van der Waals surface area contributed by atoms with E-state index >= 15 is 0 Å². The largest absolute Gasteiger partial charge is 0.462 e. The maximum Gasteiger partial charge on any atom is 0.345 e. The molecule has 0 unspecified atom stereocenters. The van der Waals surface area contributed by atoms with Crippen molar-refractivity contribution in [1.82, 2.24) is 5.32 Å². The lowest BCUT2D eigenvalue weighted by atomic mass is 9.95. The van der Waals surface area contributed by atoms with Crippen LogP contribution in [-0.2, 0) is 19.1 Å². The number of hydrogen-bond acceptors (Lipinski definition) is 5. The highest BCUT2D eigenvalue weighted by Gasteiger charge is 2.23. The minimum absolute atomic E-state index is 0.0330. The Labute approximate surface area is 108 Å². The average Bonchev–Trinajstić information content (AvgIpc) is 2.37. The number of piperidine rings is 1. The molecule has 0 aromatic carbocycles. The Morgan fingerprint density at radius 3 is 2.06 bits per heavy atom. The molecule has 18 heavy (non-hydrogen) atoms. The van der Waals surface area contributed by atoms with Gasteiger partial charge in [-0.1, -0.05) is 6.08 Å². The fraction of sp³-hybridized carbons (Fsp3) is 0.692. The molecular weight excluding hydrogens is 234 g/mol. The molecule has 1 heterocycles. The molecule has 0 aliphatic carbocycles. The van der Waals surface area contributed by atoms with Crippen LogP contribution in [0, 0.1) is 5.92 Å². The number of esters is 2. The van der Waals surface area contributed by atoms with Gasteiger partial charge in [-0.25, -0.2) is 9.59 Å². The number of rotatable bonds is 5. The van der Waals surface area contributed by atoms with E-state index in [4.69, 9.17) is 9.47 Å². The van der Waals surface area contributed by atoms with Crippen LogP contribution in [0.4, 0.5) is 0 Å². The summed E-state index contributed by atoms with van der Waals surface area (Å²) in [6, 6.07) is 0. The number of carbonyl (C=O) groups excluding carboxylic acids is 2. The third-order valence-electron chi connectivity index (χ3n) is 2.78. The SMILES string of the molecule is CCOC(=O)C(=CC1CCNCC1)C(=O)OCC. The number of ether oxygens (including phenoxy) is 2. The summed E-state index contributed by atoms with van der Waals surface area (Å²) in [5.41, 5.74) is 0.0330. The maximum atomic E-state index is 11.7. The molecule has 0 aromatic rings. The first-order valence-electron chi connectivity index (χ1n) is 6.45. The topological polar surface area (TPSA) is 64.6 Å². The zero-order valence-corrected chi connectivity index (χ0v) is 11.0. The monoisotopic (exact) mass is 255 g/mol. The second-order valence-electron chi connectivity index (χ2n) is 4.11. The Hall–Kier alpha value is -1.36. The van der Waals surface area contributed by atoms with Crippen LogP contribution in [0.5, 0.6) is 0 Å². The summed E-state index contributed by atoms with van der Waals surface area (Å²) in [5, 5.41) is 3.24. The summed E-state index contributed by atoms with van der Waals surface area (Å²) in [6.45, 7) is 5.74.